The first kappa shape index (κ1) is 13.3. The zero-order valence-corrected chi connectivity index (χ0v) is 11.6. The number of aromatic amines is 1. The third-order valence-electron chi connectivity index (χ3n) is 4.38. The van der Waals surface area contributed by atoms with Crippen molar-refractivity contribution in [3.05, 3.63) is 28.4 Å². The van der Waals surface area contributed by atoms with E-state index in [1.165, 1.54) is 19.0 Å². The van der Waals surface area contributed by atoms with Crippen LogP contribution in [0, 0.1) is 0 Å². The van der Waals surface area contributed by atoms with E-state index in [0.29, 0.717) is 24.3 Å². The minimum absolute atomic E-state index is 0.0879. The first-order valence-electron chi connectivity index (χ1n) is 7.29. The Balaban J connectivity index is 1.77. The molecule has 0 aromatic carbocycles. The van der Waals surface area contributed by atoms with Crippen molar-refractivity contribution in [3.8, 4) is 0 Å². The van der Waals surface area contributed by atoms with E-state index >= 15 is 0 Å². The summed E-state index contributed by atoms with van der Waals surface area (Å²) >= 11 is 0. The van der Waals surface area contributed by atoms with Crippen LogP contribution in [0.5, 0.6) is 0 Å². The van der Waals surface area contributed by atoms with Crippen molar-refractivity contribution >= 4 is 5.91 Å². The molecule has 2 aliphatic rings. The second kappa shape index (κ2) is 5.36. The number of hydrogen-bond acceptors (Lipinski definition) is 4. The van der Waals surface area contributed by atoms with Crippen LogP contribution in [0.3, 0.4) is 0 Å². The van der Waals surface area contributed by atoms with Crippen LogP contribution < -0.4 is 10.9 Å². The predicted molar refractivity (Wildman–Crippen MR) is 74.5 cm³/mol. The maximum atomic E-state index is 12.5. The summed E-state index contributed by atoms with van der Waals surface area (Å²) in [7, 11) is 0. The molecule has 1 amide bonds. The largest absolute Gasteiger partial charge is 0.334 e. The van der Waals surface area contributed by atoms with Gasteiger partial charge in [0.05, 0.1) is 6.20 Å². The molecule has 6 nitrogen and oxygen atoms in total. The summed E-state index contributed by atoms with van der Waals surface area (Å²) in [6, 6.07) is 1.37. The van der Waals surface area contributed by atoms with Crippen molar-refractivity contribution in [1.82, 2.24) is 20.2 Å². The molecule has 0 aliphatic carbocycles. The minimum atomic E-state index is -0.287. The van der Waals surface area contributed by atoms with E-state index in [2.05, 4.69) is 15.3 Å². The zero-order chi connectivity index (χ0) is 14.1. The fourth-order valence-electron chi connectivity index (χ4n) is 3.46. The number of rotatable bonds is 3. The van der Waals surface area contributed by atoms with Crippen LogP contribution in [0.25, 0.3) is 0 Å². The van der Waals surface area contributed by atoms with Gasteiger partial charge < -0.3 is 15.2 Å². The molecule has 20 heavy (non-hydrogen) atoms. The van der Waals surface area contributed by atoms with Gasteiger partial charge in [0, 0.05) is 30.9 Å². The lowest BCUT2D eigenvalue weighted by molar-refractivity contribution is 0.0624. The number of carbonyl (C=O) groups is 1. The normalized spacial score (nSPS) is 28.4. The minimum Gasteiger partial charge on any atom is -0.334 e. The van der Waals surface area contributed by atoms with Crippen molar-refractivity contribution < 1.29 is 4.79 Å². The van der Waals surface area contributed by atoms with Crippen molar-refractivity contribution in [2.75, 3.05) is 6.54 Å². The van der Waals surface area contributed by atoms with Gasteiger partial charge in [-0.05, 0) is 32.6 Å². The number of carbonyl (C=O) groups excluding carboxylic acids is 1. The molecule has 2 aliphatic heterocycles. The lowest BCUT2D eigenvalue weighted by atomic mass is 9.98. The van der Waals surface area contributed by atoms with Gasteiger partial charge in [-0.3, -0.25) is 9.59 Å². The lowest BCUT2D eigenvalue weighted by Gasteiger charge is -2.37. The molecule has 108 valence electrons. The summed E-state index contributed by atoms with van der Waals surface area (Å²) in [6.07, 6.45) is 7.02. The highest BCUT2D eigenvalue weighted by molar-refractivity contribution is 5.92. The van der Waals surface area contributed by atoms with Crippen LogP contribution in [-0.2, 0) is 0 Å². The lowest BCUT2D eigenvalue weighted by Crippen LogP contribution is -2.50. The molecule has 2 atom stereocenters. The van der Waals surface area contributed by atoms with Crippen LogP contribution in [0.4, 0.5) is 0 Å². The second-order valence-electron chi connectivity index (χ2n) is 5.65. The Bertz CT molecular complexity index is 524. The Morgan fingerprint density at radius 2 is 2.10 bits per heavy atom. The van der Waals surface area contributed by atoms with E-state index in [9.17, 15) is 9.59 Å². The number of aromatic nitrogens is 2. The molecule has 2 bridgehead atoms. The zero-order valence-electron chi connectivity index (χ0n) is 11.6. The van der Waals surface area contributed by atoms with E-state index in [0.717, 1.165) is 19.0 Å². The molecule has 2 saturated heterocycles. The van der Waals surface area contributed by atoms with Crippen molar-refractivity contribution in [3.63, 3.8) is 0 Å². The van der Waals surface area contributed by atoms with Gasteiger partial charge in [-0.25, -0.2) is 4.98 Å². The maximum absolute atomic E-state index is 12.5. The van der Waals surface area contributed by atoms with Gasteiger partial charge >= 0.3 is 0 Å². The molecule has 2 N–H and O–H groups in total. The molecule has 6 heteroatoms. The first-order valence-corrected chi connectivity index (χ1v) is 7.29. The second-order valence-corrected chi connectivity index (χ2v) is 5.65. The fraction of sp³-hybridized carbons (Fsp3) is 0.643. The average Bonchev–Trinajstić information content (AvgIpc) is 2.79. The number of H-pyrrole nitrogens is 1. The quantitative estimate of drug-likeness (QED) is 0.843. The van der Waals surface area contributed by atoms with Crippen molar-refractivity contribution in [2.45, 2.75) is 50.7 Å². The Hall–Kier alpha value is -1.69. The molecule has 0 radical (unpaired) electrons. The van der Waals surface area contributed by atoms with Crippen molar-refractivity contribution in [2.24, 2.45) is 0 Å². The van der Waals surface area contributed by atoms with Gasteiger partial charge in [0.2, 0.25) is 0 Å². The highest BCUT2D eigenvalue weighted by atomic mass is 16.2. The number of nitrogens with one attached hydrogen (secondary N) is 2. The summed E-state index contributed by atoms with van der Waals surface area (Å²) in [5.74, 6) is -0.0879. The SMILES string of the molecule is CCN(C(=O)c1c[nH]c(=O)cn1)C1CC2CCC(C1)N2. The van der Waals surface area contributed by atoms with Gasteiger partial charge in [0.25, 0.3) is 11.5 Å². The molecule has 2 fully saturated rings. The van der Waals surface area contributed by atoms with Crippen LogP contribution in [-0.4, -0.2) is 45.4 Å². The molecule has 1 aromatic rings. The molecule has 0 spiro atoms. The predicted octanol–water partition coefficient (Wildman–Crippen LogP) is 0.515. The van der Waals surface area contributed by atoms with Gasteiger partial charge in [-0.1, -0.05) is 0 Å². The average molecular weight is 276 g/mol. The highest BCUT2D eigenvalue weighted by Crippen LogP contribution is 2.30. The number of nitrogens with zero attached hydrogens (tertiary/aromatic N) is 2. The Morgan fingerprint density at radius 1 is 1.40 bits per heavy atom. The number of amides is 1. The van der Waals surface area contributed by atoms with E-state index in [1.807, 2.05) is 11.8 Å². The summed E-state index contributed by atoms with van der Waals surface area (Å²) in [5.41, 5.74) is 0.0295. The maximum Gasteiger partial charge on any atom is 0.274 e. The number of fused-ring (bicyclic) bond motifs is 2. The summed E-state index contributed by atoms with van der Waals surface area (Å²) in [5, 5.41) is 3.58. The molecule has 0 saturated carbocycles. The molecular formula is C14H20N4O2. The molecule has 1 aromatic heterocycles. The van der Waals surface area contributed by atoms with Crippen LogP contribution >= 0.6 is 0 Å². The standard InChI is InChI=1S/C14H20N4O2/c1-2-18(11-5-9-3-4-10(6-11)17-9)14(20)12-7-16-13(19)8-15-12/h7-11,17H,2-6H2,1H3,(H,16,19). The Kier molecular flexibility index (Phi) is 3.56. The van der Waals surface area contributed by atoms with Crippen LogP contribution in [0.15, 0.2) is 17.2 Å². The number of hydrogen-bond donors (Lipinski definition) is 2. The van der Waals surface area contributed by atoms with Crippen LogP contribution in [0.1, 0.15) is 43.1 Å². The summed E-state index contributed by atoms with van der Waals surface area (Å²) in [6.45, 7) is 2.66. The van der Waals surface area contributed by atoms with E-state index in [4.69, 9.17) is 0 Å². The van der Waals surface area contributed by atoms with Crippen molar-refractivity contribution in [1.29, 1.82) is 0 Å². The summed E-state index contributed by atoms with van der Waals surface area (Å²) < 4.78 is 0. The Morgan fingerprint density at radius 3 is 2.65 bits per heavy atom. The summed E-state index contributed by atoms with van der Waals surface area (Å²) in [4.78, 5) is 31.9. The van der Waals surface area contributed by atoms with E-state index < -0.39 is 0 Å². The molecular weight excluding hydrogens is 256 g/mol. The number of piperidine rings is 1. The van der Waals surface area contributed by atoms with Gasteiger partial charge in [-0.2, -0.15) is 0 Å². The fourth-order valence-corrected chi connectivity index (χ4v) is 3.46. The molecule has 3 heterocycles. The molecule has 3 rings (SSSR count). The van der Waals surface area contributed by atoms with E-state index in [-0.39, 0.29) is 17.5 Å². The third-order valence-corrected chi connectivity index (χ3v) is 4.38. The highest BCUT2D eigenvalue weighted by Gasteiger charge is 2.37. The van der Waals surface area contributed by atoms with Gasteiger partial charge in [0.1, 0.15) is 5.69 Å². The molecule has 2 unspecified atom stereocenters. The topological polar surface area (TPSA) is 78.1 Å². The Labute approximate surface area is 117 Å². The smallest absolute Gasteiger partial charge is 0.274 e. The van der Waals surface area contributed by atoms with Gasteiger partial charge in [0.15, 0.2) is 0 Å². The van der Waals surface area contributed by atoms with Gasteiger partial charge in [-0.15, -0.1) is 0 Å². The van der Waals surface area contributed by atoms with Crippen LogP contribution in [0.2, 0.25) is 0 Å². The van der Waals surface area contributed by atoms with E-state index in [1.54, 1.807) is 0 Å². The monoisotopic (exact) mass is 276 g/mol. The first-order chi connectivity index (χ1) is 9.67. The third kappa shape index (κ3) is 2.47.